The van der Waals surface area contributed by atoms with Crippen molar-refractivity contribution in [2.24, 2.45) is 11.7 Å². The van der Waals surface area contributed by atoms with E-state index in [0.717, 1.165) is 19.3 Å². The molecule has 2 aliphatic rings. The van der Waals surface area contributed by atoms with E-state index >= 15 is 0 Å². The van der Waals surface area contributed by atoms with E-state index in [0.29, 0.717) is 25.0 Å². The van der Waals surface area contributed by atoms with Crippen molar-refractivity contribution in [2.75, 3.05) is 6.54 Å². The van der Waals surface area contributed by atoms with Crippen LogP contribution in [0.25, 0.3) is 0 Å². The predicted molar refractivity (Wildman–Crippen MR) is 66.5 cm³/mol. The molecular formula is C13H24N2O2. The van der Waals surface area contributed by atoms with Crippen LogP contribution in [0.5, 0.6) is 0 Å². The van der Waals surface area contributed by atoms with E-state index in [9.17, 15) is 4.79 Å². The van der Waals surface area contributed by atoms with Crippen LogP contribution in [0.2, 0.25) is 0 Å². The Bertz CT molecular complexity index is 266. The van der Waals surface area contributed by atoms with Gasteiger partial charge in [-0.05, 0) is 44.9 Å². The first-order valence-electron chi connectivity index (χ1n) is 6.83. The normalized spacial score (nSPS) is 30.2. The summed E-state index contributed by atoms with van der Waals surface area (Å²) in [6, 6.07) is 0.154. The van der Waals surface area contributed by atoms with Gasteiger partial charge >= 0.3 is 0 Å². The van der Waals surface area contributed by atoms with Gasteiger partial charge in [0.25, 0.3) is 0 Å². The van der Waals surface area contributed by atoms with Crippen molar-refractivity contribution >= 4 is 5.91 Å². The van der Waals surface area contributed by atoms with Gasteiger partial charge < -0.3 is 15.8 Å². The van der Waals surface area contributed by atoms with Crippen LogP contribution in [-0.2, 0) is 9.53 Å². The first-order valence-corrected chi connectivity index (χ1v) is 6.83. The molecule has 0 aromatic heterocycles. The third-order valence-corrected chi connectivity index (χ3v) is 3.78. The minimum absolute atomic E-state index is 0.115. The molecule has 0 aromatic rings. The summed E-state index contributed by atoms with van der Waals surface area (Å²) in [7, 11) is 0. The number of rotatable bonds is 6. The summed E-state index contributed by atoms with van der Waals surface area (Å²) in [5, 5.41) is 2.92. The lowest BCUT2D eigenvalue weighted by atomic mass is 10.1. The molecule has 3 N–H and O–H groups in total. The number of amides is 1. The topological polar surface area (TPSA) is 64.4 Å². The molecule has 98 valence electrons. The lowest BCUT2D eigenvalue weighted by Gasteiger charge is -2.13. The van der Waals surface area contributed by atoms with Crippen LogP contribution in [0.15, 0.2) is 0 Å². The third kappa shape index (κ3) is 4.28. The maximum atomic E-state index is 11.6. The van der Waals surface area contributed by atoms with Crippen molar-refractivity contribution in [3.8, 4) is 0 Å². The van der Waals surface area contributed by atoms with Gasteiger partial charge in [0.1, 0.15) is 0 Å². The SMILES string of the molecule is CC1CCC(CCC(=O)NCC(N)C2CC2)O1. The molecule has 0 aromatic carbocycles. The largest absolute Gasteiger partial charge is 0.375 e. The van der Waals surface area contributed by atoms with Crippen LogP contribution in [0.3, 0.4) is 0 Å². The van der Waals surface area contributed by atoms with E-state index in [2.05, 4.69) is 12.2 Å². The number of carbonyl (C=O) groups excluding carboxylic acids is 1. The van der Waals surface area contributed by atoms with Gasteiger partial charge in [0, 0.05) is 19.0 Å². The van der Waals surface area contributed by atoms with Gasteiger partial charge in [0.05, 0.1) is 12.2 Å². The lowest BCUT2D eigenvalue weighted by Crippen LogP contribution is -2.38. The fourth-order valence-corrected chi connectivity index (χ4v) is 2.40. The maximum Gasteiger partial charge on any atom is 0.220 e. The summed E-state index contributed by atoms with van der Waals surface area (Å²) >= 11 is 0. The zero-order valence-electron chi connectivity index (χ0n) is 10.7. The molecule has 17 heavy (non-hydrogen) atoms. The minimum Gasteiger partial charge on any atom is -0.375 e. The zero-order chi connectivity index (χ0) is 12.3. The van der Waals surface area contributed by atoms with Crippen molar-refractivity contribution < 1.29 is 9.53 Å². The fourth-order valence-electron chi connectivity index (χ4n) is 2.40. The van der Waals surface area contributed by atoms with Crippen LogP contribution < -0.4 is 11.1 Å². The molecule has 1 aliphatic carbocycles. The van der Waals surface area contributed by atoms with E-state index in [4.69, 9.17) is 10.5 Å². The Morgan fingerprint density at radius 1 is 1.41 bits per heavy atom. The average molecular weight is 240 g/mol. The highest BCUT2D eigenvalue weighted by molar-refractivity contribution is 5.75. The summed E-state index contributed by atoms with van der Waals surface area (Å²) in [5.74, 6) is 0.763. The van der Waals surface area contributed by atoms with Crippen LogP contribution in [-0.4, -0.2) is 30.7 Å². The second kappa shape index (κ2) is 5.83. The summed E-state index contributed by atoms with van der Waals surface area (Å²) < 4.78 is 5.68. The second-order valence-electron chi connectivity index (χ2n) is 5.49. The molecule has 1 aliphatic heterocycles. The van der Waals surface area contributed by atoms with Gasteiger partial charge in [-0.25, -0.2) is 0 Å². The second-order valence-corrected chi connectivity index (χ2v) is 5.49. The molecule has 1 heterocycles. The molecule has 0 bridgehead atoms. The Hall–Kier alpha value is -0.610. The Labute approximate surface area is 103 Å². The standard InChI is InChI=1S/C13H24N2O2/c1-9-2-5-11(17-9)6-7-13(16)15-8-12(14)10-3-4-10/h9-12H,2-8,14H2,1H3,(H,15,16). The molecule has 2 rings (SSSR count). The number of nitrogens with two attached hydrogens (primary N) is 1. The van der Waals surface area contributed by atoms with Crippen molar-refractivity contribution in [3.05, 3.63) is 0 Å². The highest BCUT2D eigenvalue weighted by Gasteiger charge is 2.28. The summed E-state index contributed by atoms with van der Waals surface area (Å²) in [4.78, 5) is 11.6. The van der Waals surface area contributed by atoms with Gasteiger partial charge in [0.15, 0.2) is 0 Å². The maximum absolute atomic E-state index is 11.6. The summed E-state index contributed by atoms with van der Waals surface area (Å²) in [6.07, 6.45) is 6.73. The molecule has 4 heteroatoms. The highest BCUT2D eigenvalue weighted by atomic mass is 16.5. The molecule has 4 nitrogen and oxygen atoms in total. The molecular weight excluding hydrogens is 216 g/mol. The van der Waals surface area contributed by atoms with Crippen LogP contribution in [0.1, 0.15) is 45.4 Å². The molecule has 2 fully saturated rings. The highest BCUT2D eigenvalue weighted by Crippen LogP contribution is 2.31. The smallest absolute Gasteiger partial charge is 0.220 e. The van der Waals surface area contributed by atoms with E-state index in [1.165, 1.54) is 12.8 Å². The van der Waals surface area contributed by atoms with Gasteiger partial charge in [-0.2, -0.15) is 0 Å². The zero-order valence-corrected chi connectivity index (χ0v) is 10.7. The van der Waals surface area contributed by atoms with Gasteiger partial charge in [-0.3, -0.25) is 4.79 Å². The van der Waals surface area contributed by atoms with Gasteiger partial charge in [-0.15, -0.1) is 0 Å². The number of nitrogens with one attached hydrogen (secondary N) is 1. The van der Waals surface area contributed by atoms with E-state index in [-0.39, 0.29) is 18.1 Å². The van der Waals surface area contributed by atoms with E-state index in [1.807, 2.05) is 0 Å². The van der Waals surface area contributed by atoms with Crippen molar-refractivity contribution in [1.82, 2.24) is 5.32 Å². The number of hydrogen-bond donors (Lipinski definition) is 2. The molecule has 1 saturated heterocycles. The van der Waals surface area contributed by atoms with Crippen molar-refractivity contribution in [1.29, 1.82) is 0 Å². The monoisotopic (exact) mass is 240 g/mol. The fraction of sp³-hybridized carbons (Fsp3) is 0.923. The Morgan fingerprint density at radius 3 is 2.76 bits per heavy atom. The average Bonchev–Trinajstić information content (AvgIpc) is 3.07. The van der Waals surface area contributed by atoms with Crippen LogP contribution in [0.4, 0.5) is 0 Å². The first kappa shape index (κ1) is 12.8. The Balaban J connectivity index is 1.54. The minimum atomic E-state index is 0.115. The quantitative estimate of drug-likeness (QED) is 0.733. The van der Waals surface area contributed by atoms with Crippen molar-refractivity contribution in [2.45, 2.75) is 63.7 Å². The van der Waals surface area contributed by atoms with Gasteiger partial charge in [-0.1, -0.05) is 0 Å². The summed E-state index contributed by atoms with van der Waals surface area (Å²) in [5.41, 5.74) is 5.92. The van der Waals surface area contributed by atoms with E-state index < -0.39 is 0 Å². The molecule has 0 radical (unpaired) electrons. The van der Waals surface area contributed by atoms with E-state index in [1.54, 1.807) is 0 Å². The predicted octanol–water partition coefficient (Wildman–Crippen LogP) is 1.19. The molecule has 3 unspecified atom stereocenters. The number of carbonyl (C=O) groups is 1. The number of ether oxygens (including phenoxy) is 1. The van der Waals surface area contributed by atoms with Crippen molar-refractivity contribution in [3.63, 3.8) is 0 Å². The van der Waals surface area contributed by atoms with Gasteiger partial charge in [0.2, 0.25) is 5.91 Å². The first-order chi connectivity index (χ1) is 8.15. The third-order valence-electron chi connectivity index (χ3n) is 3.78. The summed E-state index contributed by atoms with van der Waals surface area (Å²) in [6.45, 7) is 2.72. The molecule has 1 amide bonds. The lowest BCUT2D eigenvalue weighted by molar-refractivity contribution is -0.121. The molecule has 3 atom stereocenters. The van der Waals surface area contributed by atoms with Crippen LogP contribution in [0, 0.1) is 5.92 Å². The Kier molecular flexibility index (Phi) is 4.40. The van der Waals surface area contributed by atoms with Crippen LogP contribution >= 0.6 is 0 Å². The Morgan fingerprint density at radius 2 is 2.18 bits per heavy atom. The number of hydrogen-bond acceptors (Lipinski definition) is 3. The molecule has 1 saturated carbocycles. The molecule has 0 spiro atoms.